The molecule has 0 radical (unpaired) electrons. The van der Waals surface area contributed by atoms with E-state index in [4.69, 9.17) is 10.5 Å². The number of nitrogen functional groups attached to an aromatic ring is 1. The second kappa shape index (κ2) is 5.25. The van der Waals surface area contributed by atoms with Crippen molar-refractivity contribution in [1.29, 1.82) is 0 Å². The Labute approximate surface area is 102 Å². The number of halogens is 1. The zero-order valence-corrected chi connectivity index (χ0v) is 10.9. The van der Waals surface area contributed by atoms with Gasteiger partial charge in [0.25, 0.3) is 0 Å². The Bertz CT molecular complexity index is 391. The highest BCUT2D eigenvalue weighted by molar-refractivity contribution is 5.69. The van der Waals surface area contributed by atoms with E-state index in [1.807, 2.05) is 0 Å². The van der Waals surface area contributed by atoms with Crippen LogP contribution >= 0.6 is 0 Å². The van der Waals surface area contributed by atoms with Crippen LogP contribution in [0.2, 0.25) is 0 Å². The molecule has 0 heterocycles. The standard InChI is InChI=1S/C13H21FN2O/c1-5-6-13(2,3)16-11-8-12(17-4)9(14)7-10(11)15/h7-8,16H,5-6,15H2,1-4H3. The van der Waals surface area contributed by atoms with Gasteiger partial charge < -0.3 is 15.8 Å². The van der Waals surface area contributed by atoms with E-state index in [2.05, 4.69) is 26.1 Å². The first-order valence-corrected chi connectivity index (χ1v) is 5.81. The van der Waals surface area contributed by atoms with Gasteiger partial charge in [-0.05, 0) is 20.3 Å². The first-order chi connectivity index (χ1) is 7.89. The molecule has 1 aromatic carbocycles. The van der Waals surface area contributed by atoms with Crippen LogP contribution in [0.1, 0.15) is 33.6 Å². The summed E-state index contributed by atoms with van der Waals surface area (Å²) in [6.07, 6.45) is 2.07. The van der Waals surface area contributed by atoms with E-state index in [-0.39, 0.29) is 11.3 Å². The van der Waals surface area contributed by atoms with Crippen LogP contribution in [0.25, 0.3) is 0 Å². The molecule has 3 N–H and O–H groups in total. The fraction of sp³-hybridized carbons (Fsp3) is 0.538. The zero-order chi connectivity index (χ0) is 13.1. The molecule has 0 aromatic heterocycles. The predicted octanol–water partition coefficient (Wildman–Crippen LogP) is 3.41. The number of rotatable bonds is 5. The van der Waals surface area contributed by atoms with Gasteiger partial charge in [0.05, 0.1) is 18.5 Å². The van der Waals surface area contributed by atoms with Crippen molar-refractivity contribution >= 4 is 11.4 Å². The average molecular weight is 240 g/mol. The topological polar surface area (TPSA) is 47.3 Å². The van der Waals surface area contributed by atoms with E-state index in [0.717, 1.165) is 12.8 Å². The number of hydrogen-bond donors (Lipinski definition) is 2. The third-order valence-corrected chi connectivity index (χ3v) is 2.67. The number of benzene rings is 1. The lowest BCUT2D eigenvalue weighted by Gasteiger charge is -2.28. The molecule has 17 heavy (non-hydrogen) atoms. The molecule has 3 nitrogen and oxygen atoms in total. The first kappa shape index (κ1) is 13.6. The quantitative estimate of drug-likeness (QED) is 0.775. The average Bonchev–Trinajstić information content (AvgIpc) is 2.21. The Morgan fingerprint density at radius 3 is 2.59 bits per heavy atom. The summed E-state index contributed by atoms with van der Waals surface area (Å²) in [7, 11) is 1.44. The number of hydrogen-bond acceptors (Lipinski definition) is 3. The summed E-state index contributed by atoms with van der Waals surface area (Å²) in [6.45, 7) is 6.30. The lowest BCUT2D eigenvalue weighted by molar-refractivity contribution is 0.386. The zero-order valence-electron chi connectivity index (χ0n) is 10.9. The van der Waals surface area contributed by atoms with Crippen LogP contribution in [0.5, 0.6) is 5.75 Å². The lowest BCUT2D eigenvalue weighted by Crippen LogP contribution is -2.30. The van der Waals surface area contributed by atoms with E-state index in [9.17, 15) is 4.39 Å². The third kappa shape index (κ3) is 3.51. The van der Waals surface area contributed by atoms with Crippen LogP contribution in [-0.4, -0.2) is 12.6 Å². The number of ether oxygens (including phenoxy) is 1. The van der Waals surface area contributed by atoms with Gasteiger partial charge in [0.1, 0.15) is 0 Å². The Kier molecular flexibility index (Phi) is 4.21. The molecule has 0 fully saturated rings. The summed E-state index contributed by atoms with van der Waals surface area (Å²) in [4.78, 5) is 0. The van der Waals surface area contributed by atoms with Crippen LogP contribution in [0, 0.1) is 5.82 Å². The van der Waals surface area contributed by atoms with Crippen molar-refractivity contribution in [2.24, 2.45) is 0 Å². The van der Waals surface area contributed by atoms with Crippen molar-refractivity contribution in [1.82, 2.24) is 0 Å². The van der Waals surface area contributed by atoms with Gasteiger partial charge in [0.15, 0.2) is 11.6 Å². The highest BCUT2D eigenvalue weighted by Gasteiger charge is 2.18. The third-order valence-electron chi connectivity index (χ3n) is 2.67. The van der Waals surface area contributed by atoms with Gasteiger partial charge in [0, 0.05) is 17.7 Å². The lowest BCUT2D eigenvalue weighted by atomic mass is 9.98. The molecule has 0 saturated carbocycles. The van der Waals surface area contributed by atoms with E-state index in [0.29, 0.717) is 11.4 Å². The highest BCUT2D eigenvalue weighted by atomic mass is 19.1. The van der Waals surface area contributed by atoms with Gasteiger partial charge in [-0.3, -0.25) is 0 Å². The monoisotopic (exact) mass is 240 g/mol. The maximum absolute atomic E-state index is 13.4. The fourth-order valence-corrected chi connectivity index (χ4v) is 1.89. The highest BCUT2D eigenvalue weighted by Crippen LogP contribution is 2.30. The molecule has 4 heteroatoms. The summed E-state index contributed by atoms with van der Waals surface area (Å²) in [5.74, 6) is -0.238. The molecule has 0 amide bonds. The van der Waals surface area contributed by atoms with Crippen LogP contribution in [-0.2, 0) is 0 Å². The Morgan fingerprint density at radius 2 is 2.06 bits per heavy atom. The molecular weight excluding hydrogens is 219 g/mol. The minimum Gasteiger partial charge on any atom is -0.494 e. The minimum absolute atomic E-state index is 0.0777. The molecule has 0 aliphatic carbocycles. The van der Waals surface area contributed by atoms with Crippen molar-refractivity contribution in [2.75, 3.05) is 18.2 Å². The minimum atomic E-state index is -0.441. The normalized spacial score (nSPS) is 11.4. The molecular formula is C13H21FN2O. The van der Waals surface area contributed by atoms with E-state index in [1.54, 1.807) is 6.07 Å². The molecule has 1 rings (SSSR count). The van der Waals surface area contributed by atoms with Crippen molar-refractivity contribution in [3.63, 3.8) is 0 Å². The summed E-state index contributed by atoms with van der Waals surface area (Å²) in [6, 6.07) is 2.88. The first-order valence-electron chi connectivity index (χ1n) is 5.81. The van der Waals surface area contributed by atoms with Gasteiger partial charge in [0.2, 0.25) is 0 Å². The van der Waals surface area contributed by atoms with Gasteiger partial charge in [-0.1, -0.05) is 13.3 Å². The summed E-state index contributed by atoms with van der Waals surface area (Å²) >= 11 is 0. The molecule has 0 spiro atoms. The SMILES string of the molecule is CCCC(C)(C)Nc1cc(OC)c(F)cc1N. The van der Waals surface area contributed by atoms with Crippen molar-refractivity contribution < 1.29 is 9.13 Å². The molecule has 0 bridgehead atoms. The number of nitrogens with two attached hydrogens (primary N) is 1. The van der Waals surface area contributed by atoms with Crippen molar-refractivity contribution in [3.05, 3.63) is 17.9 Å². The second-order valence-corrected chi connectivity index (χ2v) is 4.83. The molecule has 96 valence electrons. The van der Waals surface area contributed by atoms with Crippen LogP contribution < -0.4 is 15.8 Å². The van der Waals surface area contributed by atoms with Crippen molar-refractivity contribution in [3.8, 4) is 5.75 Å². The smallest absolute Gasteiger partial charge is 0.167 e. The number of methoxy groups -OCH3 is 1. The molecule has 0 atom stereocenters. The molecule has 0 saturated heterocycles. The van der Waals surface area contributed by atoms with Crippen LogP contribution in [0.4, 0.5) is 15.8 Å². The summed E-state index contributed by atoms with van der Waals surface area (Å²) < 4.78 is 18.3. The maximum Gasteiger partial charge on any atom is 0.167 e. The Balaban J connectivity index is 2.98. The van der Waals surface area contributed by atoms with E-state index in [1.165, 1.54) is 13.2 Å². The Hall–Kier alpha value is -1.45. The molecule has 1 aromatic rings. The van der Waals surface area contributed by atoms with Gasteiger partial charge >= 0.3 is 0 Å². The molecule has 0 aliphatic heterocycles. The van der Waals surface area contributed by atoms with Crippen molar-refractivity contribution in [2.45, 2.75) is 39.2 Å². The number of anilines is 2. The van der Waals surface area contributed by atoms with Gasteiger partial charge in [-0.15, -0.1) is 0 Å². The van der Waals surface area contributed by atoms with Gasteiger partial charge in [-0.2, -0.15) is 0 Å². The molecule has 0 aliphatic rings. The van der Waals surface area contributed by atoms with E-state index < -0.39 is 5.82 Å². The second-order valence-electron chi connectivity index (χ2n) is 4.83. The number of nitrogens with one attached hydrogen (secondary N) is 1. The largest absolute Gasteiger partial charge is 0.494 e. The van der Waals surface area contributed by atoms with Crippen LogP contribution in [0.15, 0.2) is 12.1 Å². The Morgan fingerprint density at radius 1 is 1.41 bits per heavy atom. The summed E-state index contributed by atoms with van der Waals surface area (Å²) in [5.41, 5.74) is 6.82. The van der Waals surface area contributed by atoms with Gasteiger partial charge in [-0.25, -0.2) is 4.39 Å². The molecule has 0 unspecified atom stereocenters. The maximum atomic E-state index is 13.4. The summed E-state index contributed by atoms with van der Waals surface area (Å²) in [5, 5.41) is 3.32. The van der Waals surface area contributed by atoms with Crippen LogP contribution in [0.3, 0.4) is 0 Å². The predicted molar refractivity (Wildman–Crippen MR) is 70.0 cm³/mol. The van der Waals surface area contributed by atoms with E-state index >= 15 is 0 Å². The fourth-order valence-electron chi connectivity index (χ4n) is 1.89.